The molecule has 37 heavy (non-hydrogen) atoms. The van der Waals surface area contributed by atoms with E-state index in [0.717, 1.165) is 11.4 Å². The minimum atomic E-state index is 1.16. The third-order valence-electron chi connectivity index (χ3n) is 7.38. The van der Waals surface area contributed by atoms with E-state index in [-0.39, 0.29) is 0 Å². The number of aromatic nitrogens is 1. The Labute approximate surface area is 216 Å². The Bertz CT molecular complexity index is 1880. The number of fused-ring (bicyclic) bond motifs is 5. The summed E-state index contributed by atoms with van der Waals surface area (Å²) >= 11 is 0. The molecule has 6 aromatic carbocycles. The van der Waals surface area contributed by atoms with Gasteiger partial charge >= 0.3 is 0 Å². The number of benzene rings is 6. The molecule has 0 fully saturated rings. The molecule has 0 aliphatic rings. The summed E-state index contributed by atoms with van der Waals surface area (Å²) < 4.78 is 2.42. The van der Waals surface area contributed by atoms with Crippen molar-refractivity contribution in [2.75, 3.05) is 11.9 Å². The second-order valence-corrected chi connectivity index (χ2v) is 9.53. The number of rotatable bonds is 4. The minimum absolute atomic E-state index is 1.16. The van der Waals surface area contributed by atoms with Crippen molar-refractivity contribution >= 4 is 44.0 Å². The number of hydrogen-bond donors (Lipinski definition) is 0. The fraction of sp³-hybridized carbons (Fsp3) is 0.0286. The van der Waals surface area contributed by atoms with Crippen LogP contribution in [0.25, 0.3) is 49.4 Å². The molecule has 0 saturated carbocycles. The molecule has 0 saturated heterocycles. The monoisotopic (exact) mass is 474 g/mol. The van der Waals surface area contributed by atoms with Crippen molar-refractivity contribution in [3.63, 3.8) is 0 Å². The zero-order chi connectivity index (χ0) is 24.8. The average molecular weight is 475 g/mol. The minimum Gasteiger partial charge on any atom is -0.345 e. The van der Waals surface area contributed by atoms with E-state index in [1.54, 1.807) is 0 Å². The van der Waals surface area contributed by atoms with Gasteiger partial charge in [-0.15, -0.1) is 0 Å². The van der Waals surface area contributed by atoms with Gasteiger partial charge in [-0.05, 0) is 64.4 Å². The molecule has 0 aliphatic heterocycles. The predicted octanol–water partition coefficient (Wildman–Crippen LogP) is 9.37. The van der Waals surface area contributed by atoms with E-state index in [4.69, 9.17) is 0 Å². The van der Waals surface area contributed by atoms with Crippen LogP contribution >= 0.6 is 0 Å². The summed E-state index contributed by atoms with van der Waals surface area (Å²) in [7, 11) is 2.13. The van der Waals surface area contributed by atoms with Gasteiger partial charge in [-0.2, -0.15) is 0 Å². The summed E-state index contributed by atoms with van der Waals surface area (Å²) in [5.41, 5.74) is 8.35. The summed E-state index contributed by atoms with van der Waals surface area (Å²) in [6.07, 6.45) is 0. The Kier molecular flexibility index (Phi) is 5.04. The van der Waals surface area contributed by atoms with Gasteiger partial charge in [0.15, 0.2) is 0 Å². The lowest BCUT2D eigenvalue weighted by Gasteiger charge is -2.20. The van der Waals surface area contributed by atoms with E-state index in [0.29, 0.717) is 0 Å². The van der Waals surface area contributed by atoms with E-state index in [1.807, 2.05) is 0 Å². The normalized spacial score (nSPS) is 11.4. The van der Waals surface area contributed by atoms with Crippen LogP contribution in [0.1, 0.15) is 0 Å². The van der Waals surface area contributed by atoms with Gasteiger partial charge in [0.2, 0.25) is 0 Å². The lowest BCUT2D eigenvalue weighted by atomic mass is 10.0. The molecule has 1 aromatic heterocycles. The summed E-state index contributed by atoms with van der Waals surface area (Å²) in [5.74, 6) is 0. The molecule has 0 unspecified atom stereocenters. The van der Waals surface area contributed by atoms with Crippen molar-refractivity contribution in [3.05, 3.63) is 140 Å². The quantitative estimate of drug-likeness (QED) is 0.247. The second kappa shape index (κ2) is 8.69. The summed E-state index contributed by atoms with van der Waals surface area (Å²) in [5, 5.41) is 5.11. The number of nitrogens with zero attached hydrogens (tertiary/aromatic N) is 2. The highest BCUT2D eigenvalue weighted by Crippen LogP contribution is 2.39. The van der Waals surface area contributed by atoms with E-state index in [1.165, 1.54) is 49.4 Å². The largest absolute Gasteiger partial charge is 0.345 e. The molecule has 7 rings (SSSR count). The molecular formula is C35H26N2. The summed E-state index contributed by atoms with van der Waals surface area (Å²) in [6.45, 7) is 0. The highest BCUT2D eigenvalue weighted by molar-refractivity contribution is 6.21. The van der Waals surface area contributed by atoms with Gasteiger partial charge in [0, 0.05) is 34.9 Å². The molecule has 0 aliphatic carbocycles. The van der Waals surface area contributed by atoms with Crippen LogP contribution in [0.4, 0.5) is 11.4 Å². The van der Waals surface area contributed by atoms with Crippen LogP contribution in [0.3, 0.4) is 0 Å². The van der Waals surface area contributed by atoms with Crippen LogP contribution in [0, 0.1) is 0 Å². The topological polar surface area (TPSA) is 8.17 Å². The molecule has 0 N–H and O–H groups in total. The van der Waals surface area contributed by atoms with Crippen molar-refractivity contribution < 1.29 is 0 Å². The Hall–Kier alpha value is -4.82. The van der Waals surface area contributed by atoms with Gasteiger partial charge < -0.3 is 9.47 Å². The smallest absolute Gasteiger partial charge is 0.0562 e. The first-order valence-electron chi connectivity index (χ1n) is 12.7. The van der Waals surface area contributed by atoms with Crippen molar-refractivity contribution in [2.45, 2.75) is 0 Å². The van der Waals surface area contributed by atoms with Crippen molar-refractivity contribution in [1.82, 2.24) is 4.57 Å². The molecule has 2 heteroatoms. The molecule has 2 nitrogen and oxygen atoms in total. The Morgan fingerprint density at radius 1 is 0.486 bits per heavy atom. The van der Waals surface area contributed by atoms with E-state index in [2.05, 4.69) is 156 Å². The lowest BCUT2D eigenvalue weighted by Crippen LogP contribution is -2.09. The predicted molar refractivity (Wildman–Crippen MR) is 158 cm³/mol. The van der Waals surface area contributed by atoms with Crippen LogP contribution in [0.5, 0.6) is 0 Å². The second-order valence-electron chi connectivity index (χ2n) is 9.53. The third kappa shape index (κ3) is 3.57. The molecule has 1 heterocycles. The fourth-order valence-corrected chi connectivity index (χ4v) is 5.52. The van der Waals surface area contributed by atoms with Gasteiger partial charge in [0.1, 0.15) is 0 Å². The standard InChI is InChI=1S/C35H26N2/c1-36(28-15-6-3-7-16-28)29-20-21-32-34(24-29)37(33-22-19-26-13-8-9-18-31(26)35(32)33)30-17-10-14-27(23-30)25-11-4-2-5-12-25/h2-24H,1H3. The highest BCUT2D eigenvalue weighted by Gasteiger charge is 2.17. The number of hydrogen-bond acceptors (Lipinski definition) is 1. The maximum Gasteiger partial charge on any atom is 0.0562 e. The maximum absolute atomic E-state index is 2.42. The molecule has 0 bridgehead atoms. The van der Waals surface area contributed by atoms with Crippen LogP contribution < -0.4 is 4.90 Å². The molecule has 0 atom stereocenters. The maximum atomic E-state index is 2.42. The Morgan fingerprint density at radius 2 is 1.22 bits per heavy atom. The number of anilines is 2. The Morgan fingerprint density at radius 3 is 2.05 bits per heavy atom. The van der Waals surface area contributed by atoms with E-state index in [9.17, 15) is 0 Å². The number of para-hydroxylation sites is 1. The van der Waals surface area contributed by atoms with E-state index >= 15 is 0 Å². The Balaban J connectivity index is 1.53. The summed E-state index contributed by atoms with van der Waals surface area (Å²) in [4.78, 5) is 2.25. The molecule has 176 valence electrons. The van der Waals surface area contributed by atoms with Gasteiger partial charge in [-0.25, -0.2) is 0 Å². The van der Waals surface area contributed by atoms with Crippen LogP contribution in [-0.2, 0) is 0 Å². The molecular weight excluding hydrogens is 448 g/mol. The van der Waals surface area contributed by atoms with E-state index < -0.39 is 0 Å². The SMILES string of the molecule is CN(c1ccccc1)c1ccc2c3c4ccccc4ccc3n(-c3cccc(-c4ccccc4)c3)c2c1. The van der Waals surface area contributed by atoms with Crippen LogP contribution in [0.15, 0.2) is 140 Å². The zero-order valence-corrected chi connectivity index (χ0v) is 20.7. The summed E-state index contributed by atoms with van der Waals surface area (Å²) in [6, 6.07) is 50.1. The highest BCUT2D eigenvalue weighted by atomic mass is 15.1. The van der Waals surface area contributed by atoms with Crippen molar-refractivity contribution in [2.24, 2.45) is 0 Å². The molecule has 0 spiro atoms. The molecule has 0 amide bonds. The third-order valence-corrected chi connectivity index (χ3v) is 7.38. The van der Waals surface area contributed by atoms with Crippen LogP contribution in [0.2, 0.25) is 0 Å². The van der Waals surface area contributed by atoms with Gasteiger partial charge in [-0.3, -0.25) is 0 Å². The first-order chi connectivity index (χ1) is 18.3. The molecule has 7 aromatic rings. The average Bonchev–Trinajstić information content (AvgIpc) is 3.32. The van der Waals surface area contributed by atoms with Gasteiger partial charge in [0.05, 0.1) is 11.0 Å². The zero-order valence-electron chi connectivity index (χ0n) is 20.7. The first-order valence-corrected chi connectivity index (χ1v) is 12.7. The fourth-order valence-electron chi connectivity index (χ4n) is 5.52. The van der Waals surface area contributed by atoms with Gasteiger partial charge in [0.25, 0.3) is 0 Å². The van der Waals surface area contributed by atoms with Gasteiger partial charge in [-0.1, -0.05) is 97.1 Å². The molecule has 0 radical (unpaired) electrons. The van der Waals surface area contributed by atoms with Crippen molar-refractivity contribution in [1.29, 1.82) is 0 Å². The van der Waals surface area contributed by atoms with Crippen LogP contribution in [-0.4, -0.2) is 11.6 Å². The van der Waals surface area contributed by atoms with Crippen molar-refractivity contribution in [3.8, 4) is 16.8 Å². The lowest BCUT2D eigenvalue weighted by molar-refractivity contribution is 1.17. The first kappa shape index (κ1) is 21.5.